The summed E-state index contributed by atoms with van der Waals surface area (Å²) in [6.45, 7) is 3.76. The van der Waals surface area contributed by atoms with Crippen LogP contribution in [0.1, 0.15) is 25.0 Å². The third kappa shape index (κ3) is 5.42. The topological polar surface area (TPSA) is 50.7 Å². The van der Waals surface area contributed by atoms with Crippen molar-refractivity contribution in [3.05, 3.63) is 65.7 Å². The molecule has 2 aromatic rings. The second kappa shape index (κ2) is 9.13. The van der Waals surface area contributed by atoms with E-state index in [9.17, 15) is 4.79 Å². The molecule has 0 fully saturated rings. The Balaban J connectivity index is 1.85. The van der Waals surface area contributed by atoms with E-state index >= 15 is 0 Å². The number of ether oxygens (including phenoxy) is 1. The number of hydrogen-bond acceptors (Lipinski definition) is 4. The van der Waals surface area contributed by atoms with Gasteiger partial charge in [-0.2, -0.15) is 5.10 Å². The predicted octanol–water partition coefficient (Wildman–Crippen LogP) is 3.86. The quantitative estimate of drug-likeness (QED) is 0.614. The number of carbonyl (C=O) groups is 1. The molecular weight excluding hydrogens is 320 g/mol. The van der Waals surface area contributed by atoms with Gasteiger partial charge in [0.05, 0.1) is 18.1 Å². The first-order chi connectivity index (χ1) is 11.6. The number of hydrogen-bond donors (Lipinski definition) is 1. The molecule has 126 valence electrons. The Morgan fingerprint density at radius 3 is 2.46 bits per heavy atom. The van der Waals surface area contributed by atoms with Crippen LogP contribution < -0.4 is 10.2 Å². The number of hydrazone groups is 1. The van der Waals surface area contributed by atoms with E-state index in [0.717, 1.165) is 22.8 Å². The highest BCUT2D eigenvalue weighted by Crippen LogP contribution is 2.17. The van der Waals surface area contributed by atoms with Crippen LogP contribution in [0.4, 0.5) is 0 Å². The maximum absolute atomic E-state index is 12.1. The molecule has 0 aliphatic rings. The zero-order valence-electron chi connectivity index (χ0n) is 14.2. The first kappa shape index (κ1) is 18.1. The Labute approximate surface area is 147 Å². The maximum atomic E-state index is 12.1. The molecule has 1 unspecified atom stereocenters. The molecule has 0 saturated heterocycles. The lowest BCUT2D eigenvalue weighted by molar-refractivity contribution is -0.120. The average Bonchev–Trinajstić information content (AvgIpc) is 2.64. The van der Waals surface area contributed by atoms with Gasteiger partial charge < -0.3 is 4.74 Å². The Morgan fingerprint density at radius 2 is 1.83 bits per heavy atom. The number of amides is 1. The van der Waals surface area contributed by atoms with Gasteiger partial charge in [0.2, 0.25) is 0 Å². The van der Waals surface area contributed by atoms with E-state index in [0.29, 0.717) is 0 Å². The van der Waals surface area contributed by atoms with Gasteiger partial charge in [-0.05, 0) is 49.2 Å². The van der Waals surface area contributed by atoms with Gasteiger partial charge in [-0.25, -0.2) is 5.43 Å². The number of rotatable bonds is 7. The standard InChI is InChI=1S/C19H22N2O2S/c1-14(17-9-11-18(23-3)12-10-17)20-21-19(22)15(2)24-13-16-7-5-4-6-8-16/h4-12,15H,13H2,1-3H3,(H,21,22)/b20-14+. The van der Waals surface area contributed by atoms with Crippen LogP contribution in [-0.4, -0.2) is 24.0 Å². The second-order valence-electron chi connectivity index (χ2n) is 5.34. The largest absolute Gasteiger partial charge is 0.497 e. The molecule has 0 saturated carbocycles. The third-order valence-electron chi connectivity index (χ3n) is 3.55. The molecule has 0 radical (unpaired) electrons. The Kier molecular flexibility index (Phi) is 6.88. The van der Waals surface area contributed by atoms with E-state index in [-0.39, 0.29) is 11.2 Å². The van der Waals surface area contributed by atoms with Crippen molar-refractivity contribution in [1.29, 1.82) is 0 Å². The van der Waals surface area contributed by atoms with Crippen LogP contribution in [0.25, 0.3) is 0 Å². The minimum atomic E-state index is -0.169. The van der Waals surface area contributed by atoms with Gasteiger partial charge in [0.25, 0.3) is 5.91 Å². The van der Waals surface area contributed by atoms with E-state index in [1.165, 1.54) is 5.56 Å². The van der Waals surface area contributed by atoms with Crippen LogP contribution in [0.5, 0.6) is 5.75 Å². The smallest absolute Gasteiger partial charge is 0.252 e. The lowest BCUT2D eigenvalue weighted by Gasteiger charge is -2.10. The zero-order chi connectivity index (χ0) is 17.4. The molecule has 1 amide bonds. The number of carbonyl (C=O) groups excluding carboxylic acids is 1. The van der Waals surface area contributed by atoms with Crippen LogP contribution in [0, 0.1) is 0 Å². The summed E-state index contributed by atoms with van der Waals surface area (Å²) >= 11 is 1.59. The molecule has 0 aliphatic carbocycles. The molecule has 0 spiro atoms. The van der Waals surface area contributed by atoms with E-state index < -0.39 is 0 Å². The van der Waals surface area contributed by atoms with Gasteiger partial charge in [-0.15, -0.1) is 11.8 Å². The van der Waals surface area contributed by atoms with Crippen molar-refractivity contribution in [2.75, 3.05) is 7.11 Å². The van der Waals surface area contributed by atoms with Gasteiger partial charge in [-0.3, -0.25) is 4.79 Å². The van der Waals surface area contributed by atoms with Gasteiger partial charge in [-0.1, -0.05) is 30.3 Å². The van der Waals surface area contributed by atoms with Crippen LogP contribution in [0.3, 0.4) is 0 Å². The van der Waals surface area contributed by atoms with Crippen LogP contribution in [0.15, 0.2) is 59.7 Å². The van der Waals surface area contributed by atoms with Crippen LogP contribution in [-0.2, 0) is 10.5 Å². The Bertz CT molecular complexity index is 684. The van der Waals surface area contributed by atoms with Gasteiger partial charge in [0.15, 0.2) is 0 Å². The number of nitrogens with one attached hydrogen (secondary N) is 1. The summed E-state index contributed by atoms with van der Waals surface area (Å²) in [5, 5.41) is 4.02. The van der Waals surface area contributed by atoms with Crippen molar-refractivity contribution >= 4 is 23.4 Å². The first-order valence-electron chi connectivity index (χ1n) is 7.74. The normalized spacial score (nSPS) is 12.5. The molecular formula is C19H22N2O2S. The molecule has 2 rings (SSSR count). The molecule has 24 heavy (non-hydrogen) atoms. The minimum Gasteiger partial charge on any atom is -0.497 e. The molecule has 0 bridgehead atoms. The summed E-state index contributed by atoms with van der Waals surface area (Å²) in [6.07, 6.45) is 0. The molecule has 4 nitrogen and oxygen atoms in total. The van der Waals surface area contributed by atoms with Gasteiger partial charge in [0, 0.05) is 5.75 Å². The summed E-state index contributed by atoms with van der Waals surface area (Å²) in [5.74, 6) is 1.50. The lowest BCUT2D eigenvalue weighted by Crippen LogP contribution is -2.27. The molecule has 2 aromatic carbocycles. The third-order valence-corrected chi connectivity index (χ3v) is 4.77. The fourth-order valence-corrected chi connectivity index (χ4v) is 2.84. The van der Waals surface area contributed by atoms with Gasteiger partial charge in [0.1, 0.15) is 5.75 Å². The summed E-state index contributed by atoms with van der Waals surface area (Å²) < 4.78 is 5.13. The van der Waals surface area contributed by atoms with E-state index in [4.69, 9.17) is 4.74 Å². The first-order valence-corrected chi connectivity index (χ1v) is 8.79. The highest BCUT2D eigenvalue weighted by Gasteiger charge is 2.13. The highest BCUT2D eigenvalue weighted by atomic mass is 32.2. The van der Waals surface area contributed by atoms with Crippen molar-refractivity contribution in [1.82, 2.24) is 5.43 Å². The monoisotopic (exact) mass is 342 g/mol. The SMILES string of the molecule is COc1ccc(/C(C)=N/NC(=O)C(C)SCc2ccccc2)cc1. The molecule has 0 aromatic heterocycles. The van der Waals surface area contributed by atoms with E-state index in [2.05, 4.69) is 22.7 Å². The summed E-state index contributed by atoms with van der Waals surface area (Å²) in [6, 6.07) is 17.7. The zero-order valence-corrected chi connectivity index (χ0v) is 15.0. The Hall–Kier alpha value is -2.27. The Morgan fingerprint density at radius 1 is 1.17 bits per heavy atom. The molecule has 1 atom stereocenters. The van der Waals surface area contributed by atoms with Crippen LogP contribution in [0.2, 0.25) is 0 Å². The second-order valence-corrected chi connectivity index (χ2v) is 6.67. The summed E-state index contributed by atoms with van der Waals surface area (Å²) in [7, 11) is 1.63. The van der Waals surface area contributed by atoms with Crippen molar-refractivity contribution < 1.29 is 9.53 Å². The number of nitrogens with zero attached hydrogens (tertiary/aromatic N) is 1. The minimum absolute atomic E-state index is 0.0937. The molecule has 0 heterocycles. The highest BCUT2D eigenvalue weighted by molar-refractivity contribution is 7.99. The van der Waals surface area contributed by atoms with Crippen molar-refractivity contribution in [3.8, 4) is 5.75 Å². The predicted molar refractivity (Wildman–Crippen MR) is 101 cm³/mol. The number of thioether (sulfide) groups is 1. The summed E-state index contributed by atoms with van der Waals surface area (Å²) in [4.78, 5) is 12.1. The lowest BCUT2D eigenvalue weighted by atomic mass is 10.1. The van der Waals surface area contributed by atoms with Gasteiger partial charge >= 0.3 is 0 Å². The van der Waals surface area contributed by atoms with E-state index in [1.807, 2.05) is 56.3 Å². The van der Waals surface area contributed by atoms with Crippen molar-refractivity contribution in [3.63, 3.8) is 0 Å². The fourth-order valence-electron chi connectivity index (χ4n) is 2.00. The molecule has 5 heteroatoms. The molecule has 0 aliphatic heterocycles. The van der Waals surface area contributed by atoms with Crippen molar-refractivity contribution in [2.45, 2.75) is 24.9 Å². The number of methoxy groups -OCH3 is 1. The number of benzene rings is 2. The molecule has 1 N–H and O–H groups in total. The van der Waals surface area contributed by atoms with E-state index in [1.54, 1.807) is 18.9 Å². The summed E-state index contributed by atoms with van der Waals surface area (Å²) in [5.41, 5.74) is 5.55. The van der Waals surface area contributed by atoms with Crippen molar-refractivity contribution in [2.24, 2.45) is 5.10 Å². The maximum Gasteiger partial charge on any atom is 0.252 e. The van der Waals surface area contributed by atoms with Crippen LogP contribution >= 0.6 is 11.8 Å². The average molecular weight is 342 g/mol. The fraction of sp³-hybridized carbons (Fsp3) is 0.263.